The molecule has 0 aliphatic rings. The van der Waals surface area contributed by atoms with Gasteiger partial charge in [-0.05, 0) is 92.6 Å². The van der Waals surface area contributed by atoms with Gasteiger partial charge in [0, 0.05) is 44.3 Å². The van der Waals surface area contributed by atoms with E-state index in [1.807, 2.05) is 82.3 Å². The summed E-state index contributed by atoms with van der Waals surface area (Å²) >= 11 is 0. The molecule has 52 heavy (non-hydrogen) atoms. The lowest BCUT2D eigenvalue weighted by Gasteiger charge is -2.30. The van der Waals surface area contributed by atoms with Gasteiger partial charge in [-0.2, -0.15) is 0 Å². The Morgan fingerprint density at radius 2 is 1.46 bits per heavy atom. The molecule has 2 aromatic carbocycles. The number of rotatable bonds is 24. The van der Waals surface area contributed by atoms with E-state index in [4.69, 9.17) is 9.47 Å². The molecular formula is C41H56N4O5S2. The van der Waals surface area contributed by atoms with Gasteiger partial charge in [0.25, 0.3) is 0 Å². The van der Waals surface area contributed by atoms with Crippen molar-refractivity contribution in [1.82, 2.24) is 15.6 Å². The highest BCUT2D eigenvalue weighted by molar-refractivity contribution is 8.76. The molecule has 0 aliphatic carbocycles. The molecule has 0 radical (unpaired) electrons. The van der Waals surface area contributed by atoms with Crippen LogP contribution in [0.25, 0.3) is 6.08 Å². The van der Waals surface area contributed by atoms with Crippen LogP contribution < -0.4 is 15.5 Å². The highest BCUT2D eigenvalue weighted by Gasteiger charge is 2.24. The van der Waals surface area contributed by atoms with Crippen molar-refractivity contribution in [2.45, 2.75) is 95.9 Å². The minimum absolute atomic E-state index is 0.000998. The monoisotopic (exact) mass is 748 g/mol. The van der Waals surface area contributed by atoms with Crippen molar-refractivity contribution in [1.29, 1.82) is 0 Å². The van der Waals surface area contributed by atoms with Gasteiger partial charge < -0.3 is 25.0 Å². The van der Waals surface area contributed by atoms with Crippen molar-refractivity contribution >= 4 is 51.1 Å². The number of aromatic nitrogens is 1. The summed E-state index contributed by atoms with van der Waals surface area (Å²) in [5, 5.41) is 6.78. The van der Waals surface area contributed by atoms with E-state index in [0.717, 1.165) is 28.3 Å². The first-order valence-electron chi connectivity index (χ1n) is 18.0. The van der Waals surface area contributed by atoms with Gasteiger partial charge >= 0.3 is 0 Å². The maximum Gasteiger partial charge on any atom is 0.229 e. The Bertz CT molecular complexity index is 1570. The lowest BCUT2D eigenvalue weighted by atomic mass is 10.0. The molecular weight excluding hydrogens is 693 g/mol. The summed E-state index contributed by atoms with van der Waals surface area (Å²) in [6, 6.07) is 21.7. The molecule has 282 valence electrons. The average Bonchev–Trinajstić information content (AvgIpc) is 3.13. The molecule has 3 aromatic rings. The summed E-state index contributed by atoms with van der Waals surface area (Å²) in [7, 11) is 3.18. The number of nitrogens with zero attached hydrogens (tertiary/aromatic N) is 2. The van der Waals surface area contributed by atoms with E-state index in [2.05, 4.69) is 41.3 Å². The van der Waals surface area contributed by atoms with Gasteiger partial charge in [-0.15, -0.1) is 0 Å². The second kappa shape index (κ2) is 22.4. The van der Waals surface area contributed by atoms with Crippen molar-refractivity contribution in [3.05, 3.63) is 96.2 Å². The van der Waals surface area contributed by atoms with E-state index < -0.39 is 11.2 Å². The first-order valence-corrected chi connectivity index (χ1v) is 20.4. The second-order valence-electron chi connectivity index (χ2n) is 13.6. The predicted octanol–water partition coefficient (Wildman–Crippen LogP) is 8.03. The van der Waals surface area contributed by atoms with Crippen LogP contribution in [0, 0.1) is 0 Å². The van der Waals surface area contributed by atoms with E-state index in [1.54, 1.807) is 38.8 Å². The number of anilines is 1. The van der Waals surface area contributed by atoms with E-state index in [-0.39, 0.29) is 37.1 Å². The van der Waals surface area contributed by atoms with Crippen LogP contribution in [0.5, 0.6) is 0 Å². The Labute approximate surface area is 318 Å². The van der Waals surface area contributed by atoms with Crippen LogP contribution in [-0.4, -0.2) is 66.0 Å². The summed E-state index contributed by atoms with van der Waals surface area (Å²) in [6.45, 7) is 16.0. The lowest BCUT2D eigenvalue weighted by molar-refractivity contribution is -0.123. The van der Waals surface area contributed by atoms with Crippen LogP contribution in [0.15, 0.2) is 84.5 Å². The van der Waals surface area contributed by atoms with Crippen molar-refractivity contribution in [3.8, 4) is 0 Å². The lowest BCUT2D eigenvalue weighted by Crippen LogP contribution is -2.36. The molecule has 0 saturated carbocycles. The standard InChI is InChI=1S/C41H56N4O5S2/c1-7-32-15-9-10-17-34(32)31-45(35-18-12-11-16-33(35)8-2)39(48)21-26-42-36(46)20-23-40(3,4)49-28-24-41(5,6)50-29-27-43-37(47)22-30-51-52-38-19-13-14-25-44-38/h8-19,25H,2,7,20-24,26-31H2,1,3-6H3,(H,42,46)(H,43,47). The quantitative estimate of drug-likeness (QED) is 0.0701. The summed E-state index contributed by atoms with van der Waals surface area (Å²) in [4.78, 5) is 44.6. The Morgan fingerprint density at radius 1 is 0.808 bits per heavy atom. The molecule has 1 aromatic heterocycles. The number of benzene rings is 2. The van der Waals surface area contributed by atoms with Gasteiger partial charge in [-0.25, -0.2) is 4.98 Å². The van der Waals surface area contributed by atoms with Gasteiger partial charge in [-0.1, -0.05) is 78.9 Å². The molecule has 0 fully saturated rings. The minimum Gasteiger partial charge on any atom is -0.375 e. The van der Waals surface area contributed by atoms with Gasteiger partial charge in [0.15, 0.2) is 0 Å². The van der Waals surface area contributed by atoms with Crippen LogP contribution in [0.3, 0.4) is 0 Å². The normalized spacial score (nSPS) is 11.6. The summed E-state index contributed by atoms with van der Waals surface area (Å²) in [6.07, 6.45) is 6.48. The number of amides is 3. The Morgan fingerprint density at radius 3 is 2.19 bits per heavy atom. The SMILES string of the molecule is C=Cc1ccccc1N(Cc1ccccc1CC)C(=O)CCNC(=O)CCC(C)(C)OCCC(C)(C)OCCNC(=O)CCSSc1ccccn1. The molecule has 2 N–H and O–H groups in total. The number of ether oxygens (including phenoxy) is 2. The molecule has 3 rings (SSSR count). The maximum atomic E-state index is 13.6. The molecule has 9 nitrogen and oxygen atoms in total. The summed E-state index contributed by atoms with van der Waals surface area (Å²) < 4.78 is 12.2. The fourth-order valence-electron chi connectivity index (χ4n) is 5.34. The van der Waals surface area contributed by atoms with Gasteiger partial charge in [-0.3, -0.25) is 14.4 Å². The van der Waals surface area contributed by atoms with Crippen LogP contribution in [0.4, 0.5) is 5.69 Å². The van der Waals surface area contributed by atoms with Crippen LogP contribution in [-0.2, 0) is 36.8 Å². The number of hydrogen-bond acceptors (Lipinski definition) is 8. The first-order chi connectivity index (χ1) is 24.9. The van der Waals surface area contributed by atoms with Gasteiger partial charge in [0.1, 0.15) is 5.03 Å². The molecule has 0 aliphatic heterocycles. The number of carbonyl (C=O) groups excluding carboxylic acids is 3. The molecule has 0 spiro atoms. The summed E-state index contributed by atoms with van der Waals surface area (Å²) in [5.41, 5.74) is 3.04. The fourth-order valence-corrected chi connectivity index (χ4v) is 7.21. The Balaban J connectivity index is 1.33. The predicted molar refractivity (Wildman–Crippen MR) is 215 cm³/mol. The van der Waals surface area contributed by atoms with E-state index in [0.29, 0.717) is 51.3 Å². The van der Waals surface area contributed by atoms with Crippen LogP contribution >= 0.6 is 21.6 Å². The van der Waals surface area contributed by atoms with E-state index >= 15 is 0 Å². The molecule has 0 atom stereocenters. The van der Waals surface area contributed by atoms with Crippen LogP contribution in [0.2, 0.25) is 0 Å². The first kappa shape index (κ1) is 42.8. The molecule has 0 saturated heterocycles. The third kappa shape index (κ3) is 15.9. The molecule has 3 amide bonds. The maximum absolute atomic E-state index is 13.6. The van der Waals surface area contributed by atoms with Crippen molar-refractivity contribution < 1.29 is 23.9 Å². The van der Waals surface area contributed by atoms with Crippen molar-refractivity contribution in [3.63, 3.8) is 0 Å². The molecule has 0 unspecified atom stereocenters. The highest BCUT2D eigenvalue weighted by Crippen LogP contribution is 2.29. The van der Waals surface area contributed by atoms with E-state index in [9.17, 15) is 14.4 Å². The number of para-hydroxylation sites is 1. The number of nitrogens with one attached hydrogen (secondary N) is 2. The second-order valence-corrected chi connectivity index (χ2v) is 16.0. The zero-order valence-corrected chi connectivity index (χ0v) is 33.1. The minimum atomic E-state index is -0.512. The van der Waals surface area contributed by atoms with Crippen LogP contribution in [0.1, 0.15) is 83.4 Å². The number of carbonyl (C=O) groups is 3. The highest BCUT2D eigenvalue weighted by atomic mass is 33.1. The van der Waals surface area contributed by atoms with Crippen molar-refractivity contribution in [2.75, 3.05) is 37.0 Å². The third-order valence-electron chi connectivity index (χ3n) is 8.50. The smallest absolute Gasteiger partial charge is 0.229 e. The van der Waals surface area contributed by atoms with Crippen molar-refractivity contribution in [2.24, 2.45) is 0 Å². The third-order valence-corrected chi connectivity index (χ3v) is 10.8. The van der Waals surface area contributed by atoms with E-state index in [1.165, 1.54) is 5.56 Å². The number of pyridine rings is 1. The number of aryl methyl sites for hydroxylation is 1. The molecule has 0 bridgehead atoms. The molecule has 1 heterocycles. The topological polar surface area (TPSA) is 110 Å². The van der Waals surface area contributed by atoms with Gasteiger partial charge in [0.2, 0.25) is 17.7 Å². The largest absolute Gasteiger partial charge is 0.375 e. The molecule has 11 heteroatoms. The zero-order chi connectivity index (χ0) is 37.8. The van der Waals surface area contributed by atoms with Gasteiger partial charge in [0.05, 0.1) is 36.6 Å². The Kier molecular flexibility index (Phi) is 18.5. The average molecular weight is 749 g/mol. The zero-order valence-electron chi connectivity index (χ0n) is 31.5. The number of hydrogen-bond donors (Lipinski definition) is 2. The Hall–Kier alpha value is -3.64. The fraction of sp³-hybridized carbons (Fsp3) is 0.463. The summed E-state index contributed by atoms with van der Waals surface area (Å²) in [5.74, 6) is 0.520.